The van der Waals surface area contributed by atoms with Crippen LogP contribution in [-0.4, -0.2) is 25.2 Å². The van der Waals surface area contributed by atoms with Crippen LogP contribution in [0.25, 0.3) is 0 Å². The molecule has 6 heteroatoms. The lowest BCUT2D eigenvalue weighted by Crippen LogP contribution is -2.26. The molecule has 2 aromatic rings. The monoisotopic (exact) mass is 251 g/mol. The van der Waals surface area contributed by atoms with Crippen LogP contribution >= 0.6 is 0 Å². The fraction of sp³-hybridized carbons (Fsp3) is 0.182. The van der Waals surface area contributed by atoms with Gasteiger partial charge in [0.2, 0.25) is 0 Å². The van der Waals surface area contributed by atoms with E-state index in [0.29, 0.717) is 5.69 Å². The standard InChI is InChI=1S/C11H13N3O2S/c1-13-9-10(8-12-13)14(2)17(15,16)11-6-4-3-5-7-11/h3-9H,1-2H3. The Morgan fingerprint density at radius 3 is 2.41 bits per heavy atom. The maximum Gasteiger partial charge on any atom is 0.264 e. The van der Waals surface area contributed by atoms with E-state index in [1.807, 2.05) is 0 Å². The summed E-state index contributed by atoms with van der Waals surface area (Å²) in [5.74, 6) is 0. The first-order valence-electron chi connectivity index (χ1n) is 5.04. The lowest BCUT2D eigenvalue weighted by molar-refractivity contribution is 0.594. The Morgan fingerprint density at radius 2 is 1.88 bits per heavy atom. The van der Waals surface area contributed by atoms with Crippen LogP contribution in [0.1, 0.15) is 0 Å². The predicted molar refractivity (Wildman–Crippen MR) is 65.2 cm³/mol. The van der Waals surface area contributed by atoms with Gasteiger partial charge in [-0.3, -0.25) is 8.99 Å². The van der Waals surface area contributed by atoms with Crippen molar-refractivity contribution in [2.24, 2.45) is 7.05 Å². The summed E-state index contributed by atoms with van der Waals surface area (Å²) in [4.78, 5) is 0.270. The van der Waals surface area contributed by atoms with Gasteiger partial charge in [0.25, 0.3) is 10.0 Å². The average molecular weight is 251 g/mol. The predicted octanol–water partition coefficient (Wildman–Crippen LogP) is 1.25. The summed E-state index contributed by atoms with van der Waals surface area (Å²) in [6.45, 7) is 0. The fourth-order valence-electron chi connectivity index (χ4n) is 1.46. The summed E-state index contributed by atoms with van der Waals surface area (Å²) >= 11 is 0. The first-order chi connectivity index (χ1) is 8.01. The van der Waals surface area contributed by atoms with Gasteiger partial charge in [0.1, 0.15) is 0 Å². The van der Waals surface area contributed by atoms with E-state index < -0.39 is 10.0 Å². The minimum absolute atomic E-state index is 0.270. The molecule has 0 unspecified atom stereocenters. The van der Waals surface area contributed by atoms with E-state index in [-0.39, 0.29) is 4.90 Å². The van der Waals surface area contributed by atoms with E-state index in [0.717, 1.165) is 0 Å². The second-order valence-corrected chi connectivity index (χ2v) is 5.63. The number of anilines is 1. The number of nitrogens with zero attached hydrogens (tertiary/aromatic N) is 3. The Labute approximate surface area is 100 Å². The van der Waals surface area contributed by atoms with E-state index >= 15 is 0 Å². The molecule has 0 N–H and O–H groups in total. The van der Waals surface area contributed by atoms with E-state index in [1.165, 1.54) is 17.5 Å². The summed E-state index contributed by atoms with van der Waals surface area (Å²) in [5, 5.41) is 3.96. The van der Waals surface area contributed by atoms with Gasteiger partial charge in [-0.15, -0.1) is 0 Å². The van der Waals surface area contributed by atoms with E-state index in [2.05, 4.69) is 5.10 Å². The Morgan fingerprint density at radius 1 is 1.24 bits per heavy atom. The summed E-state index contributed by atoms with van der Waals surface area (Å²) < 4.78 is 27.2. The molecule has 1 heterocycles. The van der Waals surface area contributed by atoms with Crippen molar-refractivity contribution < 1.29 is 8.42 Å². The molecule has 0 saturated carbocycles. The van der Waals surface area contributed by atoms with Gasteiger partial charge in [0.05, 0.1) is 16.8 Å². The van der Waals surface area contributed by atoms with Gasteiger partial charge in [0, 0.05) is 20.3 Å². The second kappa shape index (κ2) is 4.21. The molecule has 1 aromatic carbocycles. The normalized spacial score (nSPS) is 11.4. The largest absolute Gasteiger partial charge is 0.274 e. The first kappa shape index (κ1) is 11.7. The van der Waals surface area contributed by atoms with Gasteiger partial charge >= 0.3 is 0 Å². The number of benzene rings is 1. The number of hydrogen-bond donors (Lipinski definition) is 0. The third-order valence-corrected chi connectivity index (χ3v) is 4.26. The Bertz CT molecular complexity index is 605. The van der Waals surface area contributed by atoms with Crippen molar-refractivity contribution in [1.29, 1.82) is 0 Å². The quantitative estimate of drug-likeness (QED) is 0.825. The zero-order valence-electron chi connectivity index (χ0n) is 9.61. The summed E-state index contributed by atoms with van der Waals surface area (Å²) in [7, 11) is -0.243. The third-order valence-electron chi connectivity index (χ3n) is 2.46. The highest BCUT2D eigenvalue weighted by atomic mass is 32.2. The van der Waals surface area contributed by atoms with Crippen molar-refractivity contribution in [3.8, 4) is 0 Å². The minimum atomic E-state index is -3.50. The molecule has 0 atom stereocenters. The molecular formula is C11H13N3O2S. The molecule has 0 saturated heterocycles. The van der Waals surface area contributed by atoms with Gasteiger partial charge < -0.3 is 0 Å². The molecule has 0 bridgehead atoms. The van der Waals surface area contributed by atoms with Crippen molar-refractivity contribution in [2.75, 3.05) is 11.4 Å². The van der Waals surface area contributed by atoms with Crippen molar-refractivity contribution in [3.05, 3.63) is 42.7 Å². The molecule has 0 aliphatic carbocycles. The van der Waals surface area contributed by atoms with Gasteiger partial charge in [-0.2, -0.15) is 5.10 Å². The van der Waals surface area contributed by atoms with Crippen LogP contribution in [0.3, 0.4) is 0 Å². The van der Waals surface area contributed by atoms with Crippen LogP contribution in [0, 0.1) is 0 Å². The molecule has 2 rings (SSSR count). The number of aromatic nitrogens is 2. The van der Waals surface area contributed by atoms with Crippen LogP contribution in [0.5, 0.6) is 0 Å². The molecule has 0 aliphatic heterocycles. The molecule has 5 nitrogen and oxygen atoms in total. The third kappa shape index (κ3) is 2.16. The zero-order chi connectivity index (χ0) is 12.5. The molecule has 17 heavy (non-hydrogen) atoms. The lowest BCUT2D eigenvalue weighted by atomic mass is 10.4. The Hall–Kier alpha value is -1.82. The Kier molecular flexibility index (Phi) is 2.89. The topological polar surface area (TPSA) is 55.2 Å². The van der Waals surface area contributed by atoms with Crippen LogP contribution in [0.2, 0.25) is 0 Å². The van der Waals surface area contributed by atoms with Gasteiger partial charge in [-0.05, 0) is 12.1 Å². The maximum atomic E-state index is 12.2. The maximum absolute atomic E-state index is 12.2. The smallest absolute Gasteiger partial charge is 0.264 e. The summed E-state index contributed by atoms with van der Waals surface area (Å²) in [6.07, 6.45) is 3.17. The van der Waals surface area contributed by atoms with Crippen LogP contribution in [0.15, 0.2) is 47.6 Å². The van der Waals surface area contributed by atoms with E-state index in [9.17, 15) is 8.42 Å². The van der Waals surface area contributed by atoms with Crippen LogP contribution in [-0.2, 0) is 17.1 Å². The highest BCUT2D eigenvalue weighted by Crippen LogP contribution is 2.20. The minimum Gasteiger partial charge on any atom is -0.274 e. The number of rotatable bonds is 3. The summed E-state index contributed by atoms with van der Waals surface area (Å²) in [5.41, 5.74) is 0.538. The van der Waals surface area contributed by atoms with Gasteiger partial charge in [-0.25, -0.2) is 8.42 Å². The molecule has 0 radical (unpaired) electrons. The fourth-order valence-corrected chi connectivity index (χ4v) is 2.65. The Balaban J connectivity index is 2.40. The van der Waals surface area contributed by atoms with Crippen LogP contribution < -0.4 is 4.31 Å². The van der Waals surface area contributed by atoms with Crippen molar-refractivity contribution in [2.45, 2.75) is 4.90 Å². The molecule has 1 aromatic heterocycles. The zero-order valence-corrected chi connectivity index (χ0v) is 10.4. The highest BCUT2D eigenvalue weighted by Gasteiger charge is 2.21. The van der Waals surface area contributed by atoms with Crippen molar-refractivity contribution in [1.82, 2.24) is 9.78 Å². The SMILES string of the molecule is CN(c1cnn(C)c1)S(=O)(=O)c1ccccc1. The molecule has 0 spiro atoms. The van der Waals surface area contributed by atoms with Crippen LogP contribution in [0.4, 0.5) is 5.69 Å². The summed E-state index contributed by atoms with van der Waals surface area (Å²) in [6, 6.07) is 8.32. The van der Waals surface area contributed by atoms with E-state index in [4.69, 9.17) is 0 Å². The lowest BCUT2D eigenvalue weighted by Gasteiger charge is -2.17. The number of sulfonamides is 1. The number of hydrogen-bond acceptors (Lipinski definition) is 3. The highest BCUT2D eigenvalue weighted by molar-refractivity contribution is 7.92. The second-order valence-electron chi connectivity index (χ2n) is 3.66. The molecular weight excluding hydrogens is 238 g/mol. The molecule has 90 valence electrons. The van der Waals surface area contributed by atoms with E-state index in [1.54, 1.807) is 48.3 Å². The average Bonchev–Trinajstić information content (AvgIpc) is 2.76. The molecule has 0 aliphatic rings. The molecule has 0 fully saturated rings. The first-order valence-corrected chi connectivity index (χ1v) is 6.48. The van der Waals surface area contributed by atoms with Gasteiger partial charge in [0.15, 0.2) is 0 Å². The van der Waals surface area contributed by atoms with Crippen molar-refractivity contribution in [3.63, 3.8) is 0 Å². The van der Waals surface area contributed by atoms with Gasteiger partial charge in [-0.1, -0.05) is 18.2 Å². The van der Waals surface area contributed by atoms with Crippen molar-refractivity contribution >= 4 is 15.7 Å². The number of aryl methyl sites for hydroxylation is 1. The molecule has 0 amide bonds.